The minimum Gasteiger partial charge on any atom is -0.487 e. The summed E-state index contributed by atoms with van der Waals surface area (Å²) in [6.45, 7) is 4.36. The summed E-state index contributed by atoms with van der Waals surface area (Å²) in [5, 5.41) is 12.8. The lowest BCUT2D eigenvalue weighted by Gasteiger charge is -2.36. The van der Waals surface area contributed by atoms with E-state index >= 15 is 0 Å². The number of nitrogens with zero attached hydrogens (tertiary/aromatic N) is 1. The molecule has 6 nitrogen and oxygen atoms in total. The summed E-state index contributed by atoms with van der Waals surface area (Å²) in [6, 6.07) is 4.60. The van der Waals surface area contributed by atoms with Gasteiger partial charge in [-0.15, -0.1) is 0 Å². The molecule has 30 heavy (non-hydrogen) atoms. The Morgan fingerprint density at radius 2 is 2.03 bits per heavy atom. The van der Waals surface area contributed by atoms with E-state index in [0.29, 0.717) is 24.8 Å². The van der Waals surface area contributed by atoms with Crippen molar-refractivity contribution in [3.8, 4) is 17.6 Å². The normalized spacial score (nSPS) is 25.7. The first-order valence-corrected chi connectivity index (χ1v) is 12.4. The molecule has 0 aromatic heterocycles. The van der Waals surface area contributed by atoms with Crippen LogP contribution in [-0.4, -0.2) is 56.7 Å². The third-order valence-electron chi connectivity index (χ3n) is 6.10. The molecule has 0 amide bonds. The Kier molecular flexibility index (Phi) is 7.81. The van der Waals surface area contributed by atoms with Gasteiger partial charge in [0.1, 0.15) is 16.7 Å². The minimum absolute atomic E-state index is 0.0497. The van der Waals surface area contributed by atoms with Crippen LogP contribution in [0.3, 0.4) is 0 Å². The molecule has 0 radical (unpaired) electrons. The van der Waals surface area contributed by atoms with Gasteiger partial charge in [-0.25, -0.2) is 8.42 Å². The molecule has 1 saturated carbocycles. The zero-order valence-corrected chi connectivity index (χ0v) is 19.0. The molecule has 1 aromatic rings. The number of rotatable bonds is 4. The average molecular weight is 435 g/mol. The van der Waals surface area contributed by atoms with Gasteiger partial charge in [-0.3, -0.25) is 0 Å². The average Bonchev–Trinajstić information content (AvgIpc) is 2.75. The van der Waals surface area contributed by atoms with E-state index in [1.165, 1.54) is 23.6 Å². The van der Waals surface area contributed by atoms with Gasteiger partial charge in [0.05, 0.1) is 6.61 Å². The molecular formula is C23H34N2O4S. The van der Waals surface area contributed by atoms with Crippen molar-refractivity contribution in [2.75, 3.05) is 26.7 Å². The standard InChI is InChI=1S/C23H34N2O4S/c1-17-15-25(18(2)16-26)30(27,28)23-12-11-20(10-9-19-7-5-4-6-8-19)13-21(23)29-22(17)14-24-3/h11-13,17-19,22,24,26H,4-8,14-16H2,1-3H3/t17-,18-,22+/m0/s1. The summed E-state index contributed by atoms with van der Waals surface area (Å²) in [6.07, 6.45) is 5.83. The fourth-order valence-corrected chi connectivity index (χ4v) is 6.01. The molecule has 3 atom stereocenters. The molecule has 0 spiro atoms. The Bertz CT molecular complexity index is 884. The topological polar surface area (TPSA) is 78.9 Å². The molecule has 2 aliphatic rings. The number of benzene rings is 1. The molecule has 3 rings (SSSR count). The first-order chi connectivity index (χ1) is 14.4. The monoisotopic (exact) mass is 434 g/mol. The van der Waals surface area contributed by atoms with Gasteiger partial charge in [0.25, 0.3) is 0 Å². The number of aliphatic hydroxyl groups is 1. The maximum absolute atomic E-state index is 13.4. The Hall–Kier alpha value is -1.59. The number of hydrogen-bond donors (Lipinski definition) is 2. The van der Waals surface area contributed by atoms with Crippen molar-refractivity contribution >= 4 is 10.0 Å². The quantitative estimate of drug-likeness (QED) is 0.712. The molecule has 2 N–H and O–H groups in total. The number of hydrogen-bond acceptors (Lipinski definition) is 5. The summed E-state index contributed by atoms with van der Waals surface area (Å²) >= 11 is 0. The second-order valence-electron chi connectivity index (χ2n) is 8.56. The molecule has 0 saturated heterocycles. The van der Waals surface area contributed by atoms with Crippen molar-refractivity contribution in [2.24, 2.45) is 11.8 Å². The molecule has 7 heteroatoms. The van der Waals surface area contributed by atoms with Crippen molar-refractivity contribution in [1.29, 1.82) is 0 Å². The van der Waals surface area contributed by atoms with E-state index in [9.17, 15) is 13.5 Å². The maximum atomic E-state index is 13.4. The van der Waals surface area contributed by atoms with E-state index in [-0.39, 0.29) is 23.5 Å². The van der Waals surface area contributed by atoms with Crippen LogP contribution in [0.1, 0.15) is 51.5 Å². The van der Waals surface area contributed by atoms with Crippen molar-refractivity contribution in [2.45, 2.75) is 63.0 Å². The summed E-state index contributed by atoms with van der Waals surface area (Å²) in [5.41, 5.74) is 0.771. The van der Waals surface area contributed by atoms with Gasteiger partial charge in [-0.05, 0) is 45.0 Å². The van der Waals surface area contributed by atoms with E-state index in [2.05, 4.69) is 17.2 Å². The third-order valence-corrected chi connectivity index (χ3v) is 8.12. The predicted octanol–water partition coefficient (Wildman–Crippen LogP) is 2.61. The molecule has 1 aliphatic carbocycles. The first-order valence-electron chi connectivity index (χ1n) is 11.0. The van der Waals surface area contributed by atoms with Crippen molar-refractivity contribution in [3.05, 3.63) is 23.8 Å². The SMILES string of the molecule is CNC[C@H]1Oc2cc(C#CC3CCCCC3)ccc2S(=O)(=O)N([C@@H](C)CO)C[C@@H]1C. The summed E-state index contributed by atoms with van der Waals surface area (Å²) < 4.78 is 34.4. The molecule has 166 valence electrons. The van der Waals surface area contributed by atoms with E-state index in [1.54, 1.807) is 25.1 Å². The fraction of sp³-hybridized carbons (Fsp3) is 0.652. The lowest BCUT2D eigenvalue weighted by molar-refractivity contribution is 0.103. The summed E-state index contributed by atoms with van der Waals surface area (Å²) in [4.78, 5) is 0.138. The van der Waals surface area contributed by atoms with Crippen LogP contribution in [0.15, 0.2) is 23.1 Å². The van der Waals surface area contributed by atoms with Crippen molar-refractivity contribution in [3.63, 3.8) is 0 Å². The highest BCUT2D eigenvalue weighted by Gasteiger charge is 2.37. The van der Waals surface area contributed by atoms with Gasteiger partial charge in [-0.2, -0.15) is 4.31 Å². The van der Waals surface area contributed by atoms with Gasteiger partial charge in [0.15, 0.2) is 0 Å². The van der Waals surface area contributed by atoms with Crippen LogP contribution in [-0.2, 0) is 10.0 Å². The third kappa shape index (κ3) is 5.17. The van der Waals surface area contributed by atoms with Crippen molar-refractivity contribution < 1.29 is 18.3 Å². The van der Waals surface area contributed by atoms with Crippen LogP contribution in [0.5, 0.6) is 5.75 Å². The highest BCUT2D eigenvalue weighted by Crippen LogP contribution is 2.34. The number of fused-ring (bicyclic) bond motifs is 1. The van der Waals surface area contributed by atoms with Crippen LogP contribution in [0.2, 0.25) is 0 Å². The largest absolute Gasteiger partial charge is 0.487 e. The Labute approximate surface area is 181 Å². The molecule has 0 unspecified atom stereocenters. The molecule has 0 bridgehead atoms. The van der Waals surface area contributed by atoms with Gasteiger partial charge >= 0.3 is 0 Å². The molecular weight excluding hydrogens is 400 g/mol. The Morgan fingerprint density at radius 1 is 1.30 bits per heavy atom. The fourth-order valence-electron chi connectivity index (χ4n) is 4.18. The highest BCUT2D eigenvalue weighted by molar-refractivity contribution is 7.89. The predicted molar refractivity (Wildman–Crippen MR) is 118 cm³/mol. The number of aliphatic hydroxyl groups excluding tert-OH is 1. The number of sulfonamides is 1. The maximum Gasteiger partial charge on any atom is 0.247 e. The lowest BCUT2D eigenvalue weighted by atomic mass is 9.90. The summed E-state index contributed by atoms with van der Waals surface area (Å²) in [5.74, 6) is 7.31. The Balaban J connectivity index is 2.00. The van der Waals surface area contributed by atoms with Gasteiger partial charge in [-0.1, -0.05) is 38.0 Å². The van der Waals surface area contributed by atoms with Crippen LogP contribution >= 0.6 is 0 Å². The number of ether oxygens (including phenoxy) is 1. The molecule has 1 aromatic carbocycles. The van der Waals surface area contributed by atoms with Crippen molar-refractivity contribution in [1.82, 2.24) is 9.62 Å². The molecule has 1 heterocycles. The zero-order chi connectivity index (χ0) is 21.7. The Morgan fingerprint density at radius 3 is 2.70 bits per heavy atom. The summed E-state index contributed by atoms with van der Waals surface area (Å²) in [7, 11) is -1.94. The second-order valence-corrected chi connectivity index (χ2v) is 10.4. The van der Waals surface area contributed by atoms with Gasteiger partial charge in [0.2, 0.25) is 10.0 Å². The van der Waals surface area contributed by atoms with Crippen LogP contribution in [0.25, 0.3) is 0 Å². The molecule has 1 fully saturated rings. The van der Waals surface area contributed by atoms with E-state index < -0.39 is 16.1 Å². The van der Waals surface area contributed by atoms with E-state index in [0.717, 1.165) is 18.4 Å². The molecule has 1 aliphatic heterocycles. The van der Waals surface area contributed by atoms with Crippen LogP contribution in [0, 0.1) is 23.7 Å². The second kappa shape index (κ2) is 10.1. The number of likely N-dealkylation sites (N-methyl/N-ethyl adjacent to an activating group) is 1. The number of nitrogens with one attached hydrogen (secondary N) is 1. The van der Waals surface area contributed by atoms with E-state index in [1.807, 2.05) is 14.0 Å². The van der Waals surface area contributed by atoms with Crippen LogP contribution in [0.4, 0.5) is 0 Å². The smallest absolute Gasteiger partial charge is 0.247 e. The highest BCUT2D eigenvalue weighted by atomic mass is 32.2. The minimum atomic E-state index is -3.80. The zero-order valence-electron chi connectivity index (χ0n) is 18.2. The van der Waals surface area contributed by atoms with Gasteiger partial charge < -0.3 is 15.2 Å². The first kappa shape index (κ1) is 23.1. The van der Waals surface area contributed by atoms with Crippen LogP contribution < -0.4 is 10.1 Å². The van der Waals surface area contributed by atoms with E-state index in [4.69, 9.17) is 4.74 Å². The van der Waals surface area contributed by atoms with Gasteiger partial charge in [0, 0.05) is 36.5 Å². The lowest BCUT2D eigenvalue weighted by Crippen LogP contribution is -2.49.